The van der Waals surface area contributed by atoms with Crippen molar-refractivity contribution in [1.29, 1.82) is 0 Å². The first-order valence-electron chi connectivity index (χ1n) is 10.2. The van der Waals surface area contributed by atoms with Gasteiger partial charge >= 0.3 is 5.97 Å². The molecule has 0 saturated carbocycles. The third-order valence-corrected chi connectivity index (χ3v) is 4.71. The van der Waals surface area contributed by atoms with Crippen LogP contribution in [0.4, 0.5) is 5.95 Å². The minimum Gasteiger partial charge on any atom is -0.456 e. The van der Waals surface area contributed by atoms with E-state index in [0.29, 0.717) is 11.5 Å². The first-order valence-corrected chi connectivity index (χ1v) is 10.2. The highest BCUT2D eigenvalue weighted by molar-refractivity contribution is 5.89. The molecule has 31 heavy (non-hydrogen) atoms. The molecule has 0 bridgehead atoms. The minimum absolute atomic E-state index is 0.114. The number of fused-ring (bicyclic) bond motifs is 1. The van der Waals surface area contributed by atoms with Gasteiger partial charge < -0.3 is 10.1 Å². The number of carbonyl (C=O) groups is 1. The summed E-state index contributed by atoms with van der Waals surface area (Å²) < 4.78 is 7.40. The second-order valence-electron chi connectivity index (χ2n) is 8.34. The number of carbonyl (C=O) groups excluding carboxylic acids is 1. The standard InChI is InChI=1S/C24H25N5O2/c1-16(17-8-7-9-18(14-17)22(30)31-24(2,3)4)27-23-25-13-12-21(28-23)29-15-26-19-10-5-6-11-20(19)29/h5-16H,1-4H3,(H,25,27,28)/t16-/m0/s1. The number of aromatic nitrogens is 4. The van der Waals surface area contributed by atoms with Gasteiger partial charge in [0.25, 0.3) is 0 Å². The molecule has 158 valence electrons. The zero-order valence-corrected chi connectivity index (χ0v) is 18.0. The zero-order valence-electron chi connectivity index (χ0n) is 18.0. The predicted octanol–water partition coefficient (Wildman–Crippen LogP) is 4.94. The highest BCUT2D eigenvalue weighted by atomic mass is 16.6. The van der Waals surface area contributed by atoms with E-state index < -0.39 is 5.60 Å². The average molecular weight is 415 g/mol. The van der Waals surface area contributed by atoms with Crippen LogP contribution in [0.5, 0.6) is 0 Å². The van der Waals surface area contributed by atoms with Gasteiger partial charge in [0, 0.05) is 6.20 Å². The SMILES string of the molecule is C[C@H](Nc1nccc(-n2cnc3ccccc32)n1)c1cccc(C(=O)OC(C)(C)C)c1. The van der Waals surface area contributed by atoms with E-state index in [1.807, 2.05) is 80.8 Å². The smallest absolute Gasteiger partial charge is 0.338 e. The molecule has 0 fully saturated rings. The third kappa shape index (κ3) is 4.71. The van der Waals surface area contributed by atoms with Crippen molar-refractivity contribution in [2.75, 3.05) is 5.32 Å². The molecule has 0 amide bonds. The van der Waals surface area contributed by atoms with Crippen LogP contribution in [0.25, 0.3) is 16.9 Å². The predicted molar refractivity (Wildman–Crippen MR) is 120 cm³/mol. The summed E-state index contributed by atoms with van der Waals surface area (Å²) in [5.74, 6) is 0.873. The van der Waals surface area contributed by atoms with Crippen LogP contribution in [0.1, 0.15) is 49.7 Å². The van der Waals surface area contributed by atoms with Crippen LogP contribution < -0.4 is 5.32 Å². The van der Waals surface area contributed by atoms with Crippen molar-refractivity contribution in [2.24, 2.45) is 0 Å². The number of rotatable bonds is 5. The van der Waals surface area contributed by atoms with Gasteiger partial charge in [-0.3, -0.25) is 4.57 Å². The van der Waals surface area contributed by atoms with E-state index in [1.54, 1.807) is 18.6 Å². The molecule has 4 aromatic rings. The van der Waals surface area contributed by atoms with Crippen molar-refractivity contribution in [3.63, 3.8) is 0 Å². The van der Waals surface area contributed by atoms with Gasteiger partial charge in [-0.2, -0.15) is 4.98 Å². The van der Waals surface area contributed by atoms with E-state index in [-0.39, 0.29) is 12.0 Å². The molecule has 2 aromatic heterocycles. The van der Waals surface area contributed by atoms with Gasteiger partial charge in [0.1, 0.15) is 17.7 Å². The Morgan fingerprint density at radius 3 is 2.68 bits per heavy atom. The van der Waals surface area contributed by atoms with Gasteiger partial charge in [-0.1, -0.05) is 24.3 Å². The molecule has 7 heteroatoms. The first-order chi connectivity index (χ1) is 14.8. The first kappa shape index (κ1) is 20.5. The van der Waals surface area contributed by atoms with Gasteiger partial charge in [-0.15, -0.1) is 0 Å². The summed E-state index contributed by atoms with van der Waals surface area (Å²) in [6.07, 6.45) is 3.47. The Morgan fingerprint density at radius 1 is 1.06 bits per heavy atom. The van der Waals surface area contributed by atoms with Crippen LogP contribution in [0, 0.1) is 0 Å². The molecule has 4 rings (SSSR count). The monoisotopic (exact) mass is 415 g/mol. The summed E-state index contributed by atoms with van der Waals surface area (Å²) in [4.78, 5) is 25.8. The Morgan fingerprint density at radius 2 is 1.87 bits per heavy atom. The number of esters is 1. The van der Waals surface area contributed by atoms with Crippen molar-refractivity contribution in [3.8, 4) is 5.82 Å². The van der Waals surface area contributed by atoms with Crippen LogP contribution in [-0.2, 0) is 4.74 Å². The number of hydrogen-bond acceptors (Lipinski definition) is 6. The second kappa shape index (κ2) is 8.18. The van der Waals surface area contributed by atoms with E-state index in [4.69, 9.17) is 4.74 Å². The summed E-state index contributed by atoms with van der Waals surface area (Å²) >= 11 is 0. The number of imidazole rings is 1. The summed E-state index contributed by atoms with van der Waals surface area (Å²) in [6, 6.07) is 17.0. The maximum atomic E-state index is 12.4. The van der Waals surface area contributed by atoms with Crippen molar-refractivity contribution < 1.29 is 9.53 Å². The van der Waals surface area contributed by atoms with Crippen molar-refractivity contribution in [1.82, 2.24) is 19.5 Å². The highest BCUT2D eigenvalue weighted by Crippen LogP contribution is 2.21. The molecule has 0 spiro atoms. The van der Waals surface area contributed by atoms with E-state index in [0.717, 1.165) is 22.4 Å². The Labute approximate surface area is 181 Å². The third-order valence-electron chi connectivity index (χ3n) is 4.71. The van der Waals surface area contributed by atoms with Gasteiger partial charge in [-0.05, 0) is 63.6 Å². The van der Waals surface area contributed by atoms with Crippen molar-refractivity contribution >= 4 is 23.0 Å². The molecule has 2 aromatic carbocycles. The Hall–Kier alpha value is -3.74. The number of anilines is 1. The molecule has 2 heterocycles. The Balaban J connectivity index is 1.54. The molecular weight excluding hydrogens is 390 g/mol. The number of para-hydroxylation sites is 2. The lowest BCUT2D eigenvalue weighted by molar-refractivity contribution is 0.00694. The van der Waals surface area contributed by atoms with E-state index in [9.17, 15) is 4.79 Å². The quantitative estimate of drug-likeness (QED) is 0.465. The topological polar surface area (TPSA) is 81.9 Å². The lowest BCUT2D eigenvalue weighted by Gasteiger charge is -2.20. The van der Waals surface area contributed by atoms with E-state index in [2.05, 4.69) is 20.3 Å². The van der Waals surface area contributed by atoms with Gasteiger partial charge in [0.05, 0.1) is 22.6 Å². The fraction of sp³-hybridized carbons (Fsp3) is 0.250. The lowest BCUT2D eigenvalue weighted by atomic mass is 10.0. The number of benzene rings is 2. The summed E-state index contributed by atoms with van der Waals surface area (Å²) in [5.41, 5.74) is 2.79. The van der Waals surface area contributed by atoms with Crippen LogP contribution in [-0.4, -0.2) is 31.1 Å². The largest absolute Gasteiger partial charge is 0.456 e. The molecule has 0 unspecified atom stereocenters. The van der Waals surface area contributed by atoms with Gasteiger partial charge in [0.15, 0.2) is 0 Å². The molecule has 1 atom stereocenters. The summed E-state index contributed by atoms with van der Waals surface area (Å²) in [5, 5.41) is 3.31. The Bertz CT molecular complexity index is 1230. The van der Waals surface area contributed by atoms with E-state index >= 15 is 0 Å². The van der Waals surface area contributed by atoms with Crippen LogP contribution in [0.3, 0.4) is 0 Å². The second-order valence-corrected chi connectivity index (χ2v) is 8.34. The van der Waals surface area contributed by atoms with E-state index in [1.165, 1.54) is 0 Å². The molecule has 0 radical (unpaired) electrons. The maximum absolute atomic E-state index is 12.4. The molecule has 1 N–H and O–H groups in total. The number of hydrogen-bond donors (Lipinski definition) is 1. The van der Waals surface area contributed by atoms with Crippen LogP contribution in [0.15, 0.2) is 67.1 Å². The Kier molecular flexibility index (Phi) is 5.42. The van der Waals surface area contributed by atoms with Crippen LogP contribution in [0.2, 0.25) is 0 Å². The number of ether oxygens (including phenoxy) is 1. The van der Waals surface area contributed by atoms with Crippen molar-refractivity contribution in [3.05, 3.63) is 78.2 Å². The molecule has 0 aliphatic rings. The van der Waals surface area contributed by atoms with Crippen LogP contribution >= 0.6 is 0 Å². The van der Waals surface area contributed by atoms with Crippen molar-refractivity contribution in [2.45, 2.75) is 39.3 Å². The average Bonchev–Trinajstić information content (AvgIpc) is 3.17. The fourth-order valence-corrected chi connectivity index (χ4v) is 3.24. The van der Waals surface area contributed by atoms with Gasteiger partial charge in [-0.25, -0.2) is 14.8 Å². The summed E-state index contributed by atoms with van der Waals surface area (Å²) in [7, 11) is 0. The minimum atomic E-state index is -0.539. The highest BCUT2D eigenvalue weighted by Gasteiger charge is 2.19. The summed E-state index contributed by atoms with van der Waals surface area (Å²) in [6.45, 7) is 7.56. The molecule has 7 nitrogen and oxygen atoms in total. The number of nitrogens with one attached hydrogen (secondary N) is 1. The normalized spacial score (nSPS) is 12.5. The molecule has 0 aliphatic carbocycles. The zero-order chi connectivity index (χ0) is 22.0. The number of nitrogens with zero attached hydrogens (tertiary/aromatic N) is 4. The maximum Gasteiger partial charge on any atom is 0.338 e. The molecule has 0 aliphatic heterocycles. The fourth-order valence-electron chi connectivity index (χ4n) is 3.24. The molecule has 0 saturated heterocycles. The lowest BCUT2D eigenvalue weighted by Crippen LogP contribution is -2.24. The molecular formula is C24H25N5O2. The van der Waals surface area contributed by atoms with Gasteiger partial charge in [0.2, 0.25) is 5.95 Å².